The summed E-state index contributed by atoms with van der Waals surface area (Å²) < 4.78 is 10.9. The molecule has 0 saturated heterocycles. The fourth-order valence-corrected chi connectivity index (χ4v) is 2.18. The van der Waals surface area contributed by atoms with E-state index in [1.165, 1.54) is 24.0 Å². The molecule has 0 unspecified atom stereocenters. The van der Waals surface area contributed by atoms with E-state index in [4.69, 9.17) is 9.47 Å². The Morgan fingerprint density at radius 3 is 2.70 bits per heavy atom. The summed E-state index contributed by atoms with van der Waals surface area (Å²) in [6, 6.07) is 9.02. The molecule has 1 aromatic carbocycles. The highest BCUT2D eigenvalue weighted by atomic mass is 16.5. The SMILES string of the molecule is CCNC(=NCc1cccc(COCCOCC)c1)NC1CC1. The van der Waals surface area contributed by atoms with Crippen LogP contribution in [0.4, 0.5) is 0 Å². The maximum absolute atomic E-state index is 5.62. The minimum absolute atomic E-state index is 0.609. The lowest BCUT2D eigenvalue weighted by molar-refractivity contribution is 0.0453. The van der Waals surface area contributed by atoms with E-state index < -0.39 is 0 Å². The van der Waals surface area contributed by atoms with Crippen molar-refractivity contribution >= 4 is 5.96 Å². The van der Waals surface area contributed by atoms with Gasteiger partial charge in [-0.1, -0.05) is 24.3 Å². The van der Waals surface area contributed by atoms with Crippen LogP contribution in [0.3, 0.4) is 0 Å². The van der Waals surface area contributed by atoms with Crippen LogP contribution in [0.1, 0.15) is 37.8 Å². The average molecular weight is 319 g/mol. The lowest BCUT2D eigenvalue weighted by Gasteiger charge is -2.10. The summed E-state index contributed by atoms with van der Waals surface area (Å²) in [5.41, 5.74) is 2.37. The second kappa shape index (κ2) is 10.2. The first-order valence-electron chi connectivity index (χ1n) is 8.60. The Labute approximate surface area is 139 Å². The van der Waals surface area contributed by atoms with E-state index in [1.54, 1.807) is 0 Å². The largest absolute Gasteiger partial charge is 0.379 e. The molecule has 0 heterocycles. The van der Waals surface area contributed by atoms with Gasteiger partial charge >= 0.3 is 0 Å². The molecule has 1 aliphatic rings. The van der Waals surface area contributed by atoms with Gasteiger partial charge < -0.3 is 20.1 Å². The summed E-state index contributed by atoms with van der Waals surface area (Å²) in [6.07, 6.45) is 2.50. The maximum atomic E-state index is 5.62. The monoisotopic (exact) mass is 319 g/mol. The van der Waals surface area contributed by atoms with Gasteiger partial charge in [-0.3, -0.25) is 0 Å². The first kappa shape index (κ1) is 17.8. The van der Waals surface area contributed by atoms with E-state index >= 15 is 0 Å². The summed E-state index contributed by atoms with van der Waals surface area (Å²) in [6.45, 7) is 8.27. The highest BCUT2D eigenvalue weighted by Crippen LogP contribution is 2.18. The van der Waals surface area contributed by atoms with Crippen LogP contribution in [-0.2, 0) is 22.6 Å². The molecule has 2 rings (SSSR count). The fourth-order valence-electron chi connectivity index (χ4n) is 2.18. The van der Waals surface area contributed by atoms with Crippen LogP contribution < -0.4 is 10.6 Å². The van der Waals surface area contributed by atoms with Gasteiger partial charge in [-0.25, -0.2) is 4.99 Å². The van der Waals surface area contributed by atoms with Crippen molar-refractivity contribution in [2.75, 3.05) is 26.4 Å². The van der Waals surface area contributed by atoms with Crippen LogP contribution in [-0.4, -0.2) is 38.4 Å². The zero-order valence-electron chi connectivity index (χ0n) is 14.3. The van der Waals surface area contributed by atoms with Crippen LogP contribution in [0, 0.1) is 0 Å². The standard InChI is InChI=1S/C18H29N3O2/c1-3-19-18(21-17-8-9-17)20-13-15-6-5-7-16(12-15)14-23-11-10-22-4-2/h5-7,12,17H,3-4,8-11,13-14H2,1-2H3,(H2,19,20,21). The Bertz CT molecular complexity index is 487. The summed E-state index contributed by atoms with van der Waals surface area (Å²) in [5, 5.41) is 6.72. The molecular weight excluding hydrogens is 290 g/mol. The first-order chi connectivity index (χ1) is 11.3. The van der Waals surface area contributed by atoms with Crippen molar-refractivity contribution in [2.24, 2.45) is 4.99 Å². The Morgan fingerprint density at radius 1 is 1.17 bits per heavy atom. The Kier molecular flexibility index (Phi) is 7.90. The van der Waals surface area contributed by atoms with E-state index in [0.29, 0.717) is 32.4 Å². The van der Waals surface area contributed by atoms with E-state index in [9.17, 15) is 0 Å². The molecule has 23 heavy (non-hydrogen) atoms. The number of aliphatic imine (C=N–C) groups is 1. The Hall–Kier alpha value is -1.59. The lowest BCUT2D eigenvalue weighted by Crippen LogP contribution is -2.38. The lowest BCUT2D eigenvalue weighted by atomic mass is 10.1. The van der Waals surface area contributed by atoms with E-state index in [-0.39, 0.29) is 0 Å². The summed E-state index contributed by atoms with van der Waals surface area (Å²) in [4.78, 5) is 4.66. The van der Waals surface area contributed by atoms with Gasteiger partial charge in [-0.05, 0) is 37.8 Å². The maximum Gasteiger partial charge on any atom is 0.191 e. The number of hydrogen-bond acceptors (Lipinski definition) is 3. The molecule has 0 bridgehead atoms. The topological polar surface area (TPSA) is 54.9 Å². The van der Waals surface area contributed by atoms with Crippen molar-refractivity contribution in [3.05, 3.63) is 35.4 Å². The summed E-state index contributed by atoms with van der Waals surface area (Å²) in [5.74, 6) is 0.911. The molecule has 1 fully saturated rings. The van der Waals surface area contributed by atoms with Gasteiger partial charge in [-0.2, -0.15) is 0 Å². The molecule has 0 spiro atoms. The summed E-state index contributed by atoms with van der Waals surface area (Å²) in [7, 11) is 0. The second-order valence-electron chi connectivity index (χ2n) is 5.68. The molecule has 1 aromatic rings. The predicted molar refractivity (Wildman–Crippen MR) is 93.6 cm³/mol. The van der Waals surface area contributed by atoms with E-state index in [2.05, 4.69) is 46.8 Å². The number of hydrogen-bond donors (Lipinski definition) is 2. The zero-order chi connectivity index (χ0) is 16.3. The van der Waals surface area contributed by atoms with Gasteiger partial charge in [0.2, 0.25) is 0 Å². The molecule has 0 atom stereocenters. The molecule has 128 valence electrons. The van der Waals surface area contributed by atoms with Gasteiger partial charge in [0.15, 0.2) is 5.96 Å². The van der Waals surface area contributed by atoms with Crippen molar-refractivity contribution in [3.8, 4) is 0 Å². The third-order valence-electron chi connectivity index (χ3n) is 3.52. The van der Waals surface area contributed by atoms with Gasteiger partial charge in [0.25, 0.3) is 0 Å². The van der Waals surface area contributed by atoms with Gasteiger partial charge in [0.05, 0.1) is 26.4 Å². The molecule has 0 aromatic heterocycles. The highest BCUT2D eigenvalue weighted by molar-refractivity contribution is 5.80. The molecule has 1 aliphatic carbocycles. The quantitative estimate of drug-likeness (QED) is 0.395. The minimum atomic E-state index is 0.609. The minimum Gasteiger partial charge on any atom is -0.379 e. The normalized spacial score (nSPS) is 14.8. The number of nitrogens with zero attached hydrogens (tertiary/aromatic N) is 1. The second-order valence-corrected chi connectivity index (χ2v) is 5.68. The summed E-state index contributed by atoms with van der Waals surface area (Å²) >= 11 is 0. The van der Waals surface area contributed by atoms with Gasteiger partial charge in [0.1, 0.15) is 0 Å². The third kappa shape index (κ3) is 7.48. The number of rotatable bonds is 10. The zero-order valence-corrected chi connectivity index (χ0v) is 14.3. The van der Waals surface area contributed by atoms with Crippen molar-refractivity contribution in [2.45, 2.75) is 45.9 Å². The Balaban J connectivity index is 1.80. The van der Waals surface area contributed by atoms with Crippen molar-refractivity contribution < 1.29 is 9.47 Å². The third-order valence-corrected chi connectivity index (χ3v) is 3.52. The van der Waals surface area contributed by atoms with Gasteiger partial charge in [0, 0.05) is 19.2 Å². The van der Waals surface area contributed by atoms with Crippen LogP contribution in [0.15, 0.2) is 29.3 Å². The van der Waals surface area contributed by atoms with Gasteiger partial charge in [-0.15, -0.1) is 0 Å². The van der Waals surface area contributed by atoms with Crippen molar-refractivity contribution in [1.29, 1.82) is 0 Å². The number of guanidine groups is 1. The van der Waals surface area contributed by atoms with Crippen LogP contribution in [0.2, 0.25) is 0 Å². The number of nitrogens with one attached hydrogen (secondary N) is 2. The van der Waals surface area contributed by atoms with Crippen LogP contribution in [0.25, 0.3) is 0 Å². The first-order valence-corrected chi connectivity index (χ1v) is 8.60. The average Bonchev–Trinajstić information content (AvgIpc) is 3.37. The molecule has 5 heteroatoms. The van der Waals surface area contributed by atoms with Crippen molar-refractivity contribution in [1.82, 2.24) is 10.6 Å². The van der Waals surface area contributed by atoms with Crippen LogP contribution in [0.5, 0.6) is 0 Å². The molecule has 1 saturated carbocycles. The predicted octanol–water partition coefficient (Wildman–Crippen LogP) is 2.46. The smallest absolute Gasteiger partial charge is 0.191 e. The highest BCUT2D eigenvalue weighted by Gasteiger charge is 2.21. The fraction of sp³-hybridized carbons (Fsp3) is 0.611. The van der Waals surface area contributed by atoms with E-state index in [0.717, 1.165) is 19.1 Å². The molecular formula is C18H29N3O2. The molecule has 2 N–H and O–H groups in total. The number of ether oxygens (including phenoxy) is 2. The number of benzene rings is 1. The molecule has 5 nitrogen and oxygen atoms in total. The van der Waals surface area contributed by atoms with Crippen molar-refractivity contribution in [3.63, 3.8) is 0 Å². The molecule has 0 radical (unpaired) electrons. The molecule has 0 amide bonds. The Morgan fingerprint density at radius 2 is 1.96 bits per heavy atom. The van der Waals surface area contributed by atoms with Crippen LogP contribution >= 0.6 is 0 Å². The molecule has 0 aliphatic heterocycles. The van der Waals surface area contributed by atoms with E-state index in [1.807, 2.05) is 6.92 Å².